The number of benzene rings is 1. The number of aliphatic hydroxyl groups is 1. The summed E-state index contributed by atoms with van der Waals surface area (Å²) in [6.45, 7) is 7.01. The van der Waals surface area contributed by atoms with Crippen molar-refractivity contribution in [2.45, 2.75) is 40.0 Å². The third-order valence-electron chi connectivity index (χ3n) is 5.39. The zero-order chi connectivity index (χ0) is 20.5. The van der Waals surface area contributed by atoms with Gasteiger partial charge in [-0.2, -0.15) is 0 Å². The van der Waals surface area contributed by atoms with Gasteiger partial charge in [0.2, 0.25) is 5.95 Å². The largest absolute Gasteiger partial charge is 0.457 e. The van der Waals surface area contributed by atoms with E-state index in [9.17, 15) is 9.90 Å². The molecule has 0 unspecified atom stereocenters. The molecular weight excluding hydrogens is 370 g/mol. The van der Waals surface area contributed by atoms with Crippen molar-refractivity contribution in [1.29, 1.82) is 0 Å². The predicted molar refractivity (Wildman–Crippen MR) is 106 cm³/mol. The van der Waals surface area contributed by atoms with Crippen LogP contribution in [-0.4, -0.2) is 37.1 Å². The van der Waals surface area contributed by atoms with Crippen molar-refractivity contribution in [3.8, 4) is 5.95 Å². The molecule has 2 N–H and O–H groups in total. The highest BCUT2D eigenvalue weighted by Gasteiger charge is 2.25. The maximum atomic E-state index is 11.6. The number of rotatable bonds is 6. The van der Waals surface area contributed by atoms with Gasteiger partial charge in [-0.15, -0.1) is 0 Å². The van der Waals surface area contributed by atoms with Crippen molar-refractivity contribution < 1.29 is 14.6 Å². The Labute approximate surface area is 168 Å². The first-order chi connectivity index (χ1) is 14.0. The minimum absolute atomic E-state index is 0.271. The molecule has 0 saturated carbocycles. The van der Waals surface area contributed by atoms with Crippen molar-refractivity contribution in [1.82, 2.24) is 24.8 Å². The SMILES string of the molecule is Cc1ncn(-c2ncc(CNC[C@H](O)c3ccc4c(c3C)COC4=O)cn2)c1C. The Morgan fingerprint density at radius 3 is 2.66 bits per heavy atom. The van der Waals surface area contributed by atoms with E-state index in [-0.39, 0.29) is 12.6 Å². The fourth-order valence-corrected chi connectivity index (χ4v) is 3.46. The van der Waals surface area contributed by atoms with Gasteiger partial charge in [-0.25, -0.2) is 19.7 Å². The van der Waals surface area contributed by atoms with Gasteiger partial charge in [0.1, 0.15) is 12.9 Å². The molecule has 0 fully saturated rings. The maximum absolute atomic E-state index is 11.6. The van der Waals surface area contributed by atoms with Crippen LogP contribution in [0.2, 0.25) is 0 Å². The normalized spacial score (nSPS) is 14.0. The average Bonchev–Trinajstić information content (AvgIpc) is 3.26. The zero-order valence-electron chi connectivity index (χ0n) is 16.6. The van der Waals surface area contributed by atoms with Crippen LogP contribution in [0.1, 0.15) is 50.1 Å². The summed E-state index contributed by atoms with van der Waals surface area (Å²) in [6.07, 6.45) is 4.55. The van der Waals surface area contributed by atoms with Crippen LogP contribution in [0.5, 0.6) is 0 Å². The minimum Gasteiger partial charge on any atom is -0.457 e. The lowest BCUT2D eigenvalue weighted by molar-refractivity contribution is 0.0535. The lowest BCUT2D eigenvalue weighted by Gasteiger charge is -2.16. The Morgan fingerprint density at radius 2 is 1.97 bits per heavy atom. The molecule has 1 aromatic carbocycles. The number of hydrogen-bond donors (Lipinski definition) is 2. The van der Waals surface area contributed by atoms with Crippen LogP contribution >= 0.6 is 0 Å². The van der Waals surface area contributed by atoms with Gasteiger partial charge in [0.15, 0.2) is 0 Å². The minimum atomic E-state index is -0.687. The van der Waals surface area contributed by atoms with E-state index < -0.39 is 6.10 Å². The molecule has 0 amide bonds. The van der Waals surface area contributed by atoms with Crippen molar-refractivity contribution in [3.05, 3.63) is 70.1 Å². The number of carbonyl (C=O) groups is 1. The van der Waals surface area contributed by atoms with Crippen molar-refractivity contribution in [3.63, 3.8) is 0 Å². The summed E-state index contributed by atoms with van der Waals surface area (Å²) >= 11 is 0. The molecule has 150 valence electrons. The van der Waals surface area contributed by atoms with Gasteiger partial charge in [0, 0.05) is 42.3 Å². The number of aliphatic hydroxyl groups excluding tert-OH is 1. The quantitative estimate of drug-likeness (QED) is 0.618. The van der Waals surface area contributed by atoms with Crippen LogP contribution < -0.4 is 5.32 Å². The molecule has 0 radical (unpaired) electrons. The number of esters is 1. The maximum Gasteiger partial charge on any atom is 0.338 e. The number of imidazole rings is 1. The van der Waals surface area contributed by atoms with E-state index in [2.05, 4.69) is 20.3 Å². The molecular formula is C21H23N5O3. The van der Waals surface area contributed by atoms with Crippen LogP contribution in [0.15, 0.2) is 30.9 Å². The van der Waals surface area contributed by atoms with Gasteiger partial charge in [-0.05, 0) is 38.0 Å². The lowest BCUT2D eigenvalue weighted by Crippen LogP contribution is -2.22. The number of cyclic esters (lactones) is 1. The van der Waals surface area contributed by atoms with Crippen LogP contribution in [-0.2, 0) is 17.9 Å². The number of nitrogens with one attached hydrogen (secondary N) is 1. The molecule has 1 atom stereocenters. The number of carbonyl (C=O) groups excluding carboxylic acids is 1. The number of nitrogens with zero attached hydrogens (tertiary/aromatic N) is 4. The third-order valence-corrected chi connectivity index (χ3v) is 5.39. The highest BCUT2D eigenvalue weighted by Crippen LogP contribution is 2.28. The molecule has 2 aromatic heterocycles. The van der Waals surface area contributed by atoms with Crippen LogP contribution in [0, 0.1) is 20.8 Å². The van der Waals surface area contributed by atoms with Crippen LogP contribution in [0.25, 0.3) is 5.95 Å². The van der Waals surface area contributed by atoms with E-state index >= 15 is 0 Å². The smallest absolute Gasteiger partial charge is 0.338 e. The molecule has 0 saturated heterocycles. The zero-order valence-corrected chi connectivity index (χ0v) is 16.6. The predicted octanol–water partition coefficient (Wildman–Crippen LogP) is 2.08. The lowest BCUT2D eigenvalue weighted by atomic mass is 9.95. The Morgan fingerprint density at radius 1 is 1.21 bits per heavy atom. The van der Waals surface area contributed by atoms with Gasteiger partial charge in [-0.1, -0.05) is 6.07 Å². The van der Waals surface area contributed by atoms with Gasteiger partial charge < -0.3 is 15.2 Å². The molecule has 1 aliphatic rings. The molecule has 29 heavy (non-hydrogen) atoms. The van der Waals surface area contributed by atoms with Crippen molar-refractivity contribution in [2.75, 3.05) is 6.54 Å². The van der Waals surface area contributed by atoms with Crippen molar-refractivity contribution in [2.24, 2.45) is 0 Å². The fraction of sp³-hybridized carbons (Fsp3) is 0.333. The van der Waals surface area contributed by atoms with Crippen LogP contribution in [0.3, 0.4) is 0 Å². The van der Waals surface area contributed by atoms with E-state index in [1.165, 1.54) is 0 Å². The first kappa shape index (κ1) is 19.2. The average molecular weight is 393 g/mol. The molecule has 0 spiro atoms. The van der Waals surface area contributed by atoms with E-state index in [1.807, 2.05) is 25.3 Å². The van der Waals surface area contributed by atoms with Gasteiger partial charge in [-0.3, -0.25) is 4.57 Å². The number of ether oxygens (including phenoxy) is 1. The molecule has 0 aliphatic carbocycles. The molecule has 1 aliphatic heterocycles. The Balaban J connectivity index is 1.37. The number of aryl methyl sites for hydroxylation is 1. The second kappa shape index (κ2) is 7.73. The highest BCUT2D eigenvalue weighted by atomic mass is 16.5. The first-order valence-corrected chi connectivity index (χ1v) is 9.46. The summed E-state index contributed by atoms with van der Waals surface area (Å²) < 4.78 is 6.92. The summed E-state index contributed by atoms with van der Waals surface area (Å²) in [5.74, 6) is 0.282. The Hall–Kier alpha value is -3.10. The second-order valence-corrected chi connectivity index (χ2v) is 7.21. The van der Waals surface area contributed by atoms with Gasteiger partial charge in [0.25, 0.3) is 0 Å². The summed E-state index contributed by atoms with van der Waals surface area (Å²) in [4.78, 5) is 24.7. The van der Waals surface area contributed by atoms with Crippen molar-refractivity contribution >= 4 is 5.97 Å². The molecule has 8 heteroatoms. The van der Waals surface area contributed by atoms with Gasteiger partial charge in [0.05, 0.1) is 17.4 Å². The van der Waals surface area contributed by atoms with E-state index in [1.54, 1.807) is 30.9 Å². The standard InChI is InChI=1S/C21H23N5O3/c1-12-16(4-5-17-18(12)10-29-20(17)28)19(27)9-22-6-15-7-23-21(24-8-15)26-11-25-13(2)14(26)3/h4-5,7-8,11,19,22,27H,6,9-10H2,1-3H3/t19-/m0/s1. The number of aromatic nitrogens is 4. The van der Waals surface area contributed by atoms with E-state index in [0.717, 1.165) is 33.6 Å². The molecule has 3 aromatic rings. The van der Waals surface area contributed by atoms with E-state index in [0.29, 0.717) is 24.6 Å². The third kappa shape index (κ3) is 3.64. The first-order valence-electron chi connectivity index (χ1n) is 9.46. The Kier molecular flexibility index (Phi) is 5.12. The molecule has 0 bridgehead atoms. The Bertz CT molecular complexity index is 1060. The summed E-state index contributed by atoms with van der Waals surface area (Å²) in [5.41, 5.74) is 6.03. The molecule has 3 heterocycles. The van der Waals surface area contributed by atoms with Gasteiger partial charge >= 0.3 is 5.97 Å². The summed E-state index contributed by atoms with van der Waals surface area (Å²) in [7, 11) is 0. The monoisotopic (exact) mass is 393 g/mol. The summed E-state index contributed by atoms with van der Waals surface area (Å²) in [5, 5.41) is 13.8. The molecule has 8 nitrogen and oxygen atoms in total. The fourth-order valence-electron chi connectivity index (χ4n) is 3.46. The van der Waals surface area contributed by atoms with E-state index in [4.69, 9.17) is 4.74 Å². The molecule has 4 rings (SSSR count). The number of hydrogen-bond acceptors (Lipinski definition) is 7. The highest BCUT2D eigenvalue weighted by molar-refractivity contribution is 5.93. The second-order valence-electron chi connectivity index (χ2n) is 7.21. The number of fused-ring (bicyclic) bond motifs is 1. The topological polar surface area (TPSA) is 102 Å². The summed E-state index contributed by atoms with van der Waals surface area (Å²) in [6, 6.07) is 3.52. The van der Waals surface area contributed by atoms with Crippen LogP contribution in [0.4, 0.5) is 0 Å².